The molecule has 0 aromatic carbocycles. The van der Waals surface area contributed by atoms with Crippen molar-refractivity contribution < 1.29 is 19.1 Å². The highest BCUT2D eigenvalue weighted by molar-refractivity contribution is 9.10. The largest absolute Gasteiger partial charge is 0.378 e. The average Bonchev–Trinajstić information content (AvgIpc) is 2.97. The van der Waals surface area contributed by atoms with Crippen molar-refractivity contribution >= 4 is 33.7 Å². The van der Waals surface area contributed by atoms with Crippen LogP contribution in [0.1, 0.15) is 23.3 Å². The Morgan fingerprint density at radius 3 is 2.59 bits per heavy atom. The molecule has 1 aliphatic heterocycles. The van der Waals surface area contributed by atoms with Gasteiger partial charge in [0.25, 0.3) is 5.91 Å². The molecule has 22 heavy (non-hydrogen) atoms. The van der Waals surface area contributed by atoms with Gasteiger partial charge in [-0.1, -0.05) is 0 Å². The van der Waals surface area contributed by atoms with E-state index in [9.17, 15) is 14.4 Å². The molecule has 1 fully saturated rings. The summed E-state index contributed by atoms with van der Waals surface area (Å²) in [7, 11) is 0. The van der Waals surface area contributed by atoms with Gasteiger partial charge in [-0.15, -0.1) is 0 Å². The second-order valence-corrected chi connectivity index (χ2v) is 5.64. The zero-order valence-electron chi connectivity index (χ0n) is 11.9. The number of hydrogen-bond donors (Lipinski definition) is 3. The van der Waals surface area contributed by atoms with Gasteiger partial charge in [-0.25, -0.2) is 0 Å². The molecule has 120 valence electrons. The molecule has 0 atom stereocenters. The van der Waals surface area contributed by atoms with Crippen molar-refractivity contribution in [2.45, 2.75) is 12.8 Å². The van der Waals surface area contributed by atoms with Gasteiger partial charge in [-0.05, 0) is 22.0 Å². The minimum atomic E-state index is -0.460. The quantitative estimate of drug-likeness (QED) is 0.655. The number of hydrazine groups is 1. The van der Waals surface area contributed by atoms with Crippen molar-refractivity contribution in [3.05, 3.63) is 22.4 Å². The van der Waals surface area contributed by atoms with Crippen LogP contribution in [-0.2, 0) is 14.3 Å². The van der Waals surface area contributed by atoms with E-state index in [2.05, 4.69) is 31.8 Å². The molecule has 9 heteroatoms. The van der Waals surface area contributed by atoms with E-state index in [0.29, 0.717) is 32.0 Å². The van der Waals surface area contributed by atoms with Gasteiger partial charge >= 0.3 is 0 Å². The Kier molecular flexibility index (Phi) is 5.96. The molecule has 3 N–H and O–H groups in total. The third-order valence-corrected chi connectivity index (χ3v) is 3.60. The van der Waals surface area contributed by atoms with Crippen molar-refractivity contribution in [1.82, 2.24) is 20.7 Å². The van der Waals surface area contributed by atoms with E-state index in [4.69, 9.17) is 4.74 Å². The summed E-state index contributed by atoms with van der Waals surface area (Å²) in [5, 5.41) is 0. The zero-order chi connectivity index (χ0) is 15.9. The average molecular weight is 373 g/mol. The smallest absolute Gasteiger partial charge is 0.286 e. The van der Waals surface area contributed by atoms with Crippen LogP contribution in [0, 0.1) is 0 Å². The summed E-state index contributed by atoms with van der Waals surface area (Å²) < 4.78 is 5.89. The Bertz CT molecular complexity index is 554. The molecule has 0 radical (unpaired) electrons. The third kappa shape index (κ3) is 4.85. The van der Waals surface area contributed by atoms with Gasteiger partial charge < -0.3 is 14.6 Å². The molecule has 0 aliphatic carbocycles. The molecule has 0 unspecified atom stereocenters. The zero-order valence-corrected chi connectivity index (χ0v) is 13.4. The van der Waals surface area contributed by atoms with E-state index in [-0.39, 0.29) is 18.7 Å². The predicted octanol–water partition coefficient (Wildman–Crippen LogP) is 0.177. The normalized spacial score (nSPS) is 14.5. The van der Waals surface area contributed by atoms with Crippen LogP contribution in [0.3, 0.4) is 0 Å². The van der Waals surface area contributed by atoms with Gasteiger partial charge in [-0.2, -0.15) is 0 Å². The van der Waals surface area contributed by atoms with E-state index in [1.54, 1.807) is 17.2 Å². The van der Waals surface area contributed by atoms with Gasteiger partial charge in [0.2, 0.25) is 11.8 Å². The molecule has 0 bridgehead atoms. The number of carbonyl (C=O) groups excluding carboxylic acids is 3. The van der Waals surface area contributed by atoms with Crippen molar-refractivity contribution in [2.24, 2.45) is 0 Å². The molecule has 1 saturated heterocycles. The van der Waals surface area contributed by atoms with Gasteiger partial charge in [0.05, 0.1) is 13.2 Å². The van der Waals surface area contributed by atoms with Crippen LogP contribution in [0.2, 0.25) is 0 Å². The molecular weight excluding hydrogens is 356 g/mol. The van der Waals surface area contributed by atoms with Crippen molar-refractivity contribution in [1.29, 1.82) is 0 Å². The monoisotopic (exact) mass is 372 g/mol. The van der Waals surface area contributed by atoms with Crippen molar-refractivity contribution in [3.63, 3.8) is 0 Å². The summed E-state index contributed by atoms with van der Waals surface area (Å²) >= 11 is 3.21. The van der Waals surface area contributed by atoms with E-state index in [1.807, 2.05) is 0 Å². The van der Waals surface area contributed by atoms with Gasteiger partial charge in [0.1, 0.15) is 5.69 Å². The van der Waals surface area contributed by atoms with Crippen LogP contribution >= 0.6 is 15.9 Å². The summed E-state index contributed by atoms with van der Waals surface area (Å²) in [6.07, 6.45) is 1.73. The van der Waals surface area contributed by atoms with E-state index >= 15 is 0 Å². The molecule has 0 spiro atoms. The first-order valence-electron chi connectivity index (χ1n) is 6.85. The highest BCUT2D eigenvalue weighted by Crippen LogP contribution is 2.10. The van der Waals surface area contributed by atoms with E-state index in [1.165, 1.54) is 0 Å². The summed E-state index contributed by atoms with van der Waals surface area (Å²) in [4.78, 5) is 39.6. The van der Waals surface area contributed by atoms with Crippen LogP contribution in [0.4, 0.5) is 0 Å². The molecule has 8 nitrogen and oxygen atoms in total. The second kappa shape index (κ2) is 7.95. The number of carbonyl (C=O) groups is 3. The maximum atomic E-state index is 11.9. The van der Waals surface area contributed by atoms with Crippen LogP contribution in [0.15, 0.2) is 16.7 Å². The Morgan fingerprint density at radius 2 is 1.95 bits per heavy atom. The lowest BCUT2D eigenvalue weighted by molar-refractivity contribution is -0.137. The number of halogens is 1. The number of aromatic nitrogens is 1. The Morgan fingerprint density at radius 1 is 1.23 bits per heavy atom. The molecule has 2 rings (SSSR count). The maximum absolute atomic E-state index is 11.9. The van der Waals surface area contributed by atoms with E-state index < -0.39 is 11.8 Å². The summed E-state index contributed by atoms with van der Waals surface area (Å²) in [5.74, 6) is -0.961. The molecule has 1 aromatic heterocycles. The maximum Gasteiger partial charge on any atom is 0.286 e. The highest BCUT2D eigenvalue weighted by Gasteiger charge is 2.17. The number of aromatic amines is 1. The molecule has 1 aromatic rings. The Labute approximate surface area is 135 Å². The van der Waals surface area contributed by atoms with Crippen LogP contribution in [-0.4, -0.2) is 53.9 Å². The first kappa shape index (κ1) is 16.5. The van der Waals surface area contributed by atoms with Gasteiger partial charge in [-0.3, -0.25) is 25.2 Å². The predicted molar refractivity (Wildman–Crippen MR) is 80.7 cm³/mol. The summed E-state index contributed by atoms with van der Waals surface area (Å²) in [6, 6.07) is 1.59. The Hall–Kier alpha value is -1.87. The van der Waals surface area contributed by atoms with Gasteiger partial charge in [0.15, 0.2) is 0 Å². The number of H-pyrrole nitrogens is 1. The number of rotatable bonds is 4. The molecule has 1 aliphatic rings. The standard InChI is InChI=1S/C13H17BrN4O4/c14-9-7-10(15-8-9)13(21)17-16-11(19)1-2-12(20)18-3-5-22-6-4-18/h7-8,15H,1-6H2,(H,16,19)(H,17,21). The number of hydrogen-bond acceptors (Lipinski definition) is 4. The first-order valence-corrected chi connectivity index (χ1v) is 7.64. The topological polar surface area (TPSA) is 104 Å². The minimum absolute atomic E-state index is 0.0187. The molecule has 2 heterocycles. The Balaban J connectivity index is 1.67. The first-order chi connectivity index (χ1) is 10.6. The fraction of sp³-hybridized carbons (Fsp3) is 0.462. The summed E-state index contributed by atoms with van der Waals surface area (Å²) in [5.41, 5.74) is 4.88. The highest BCUT2D eigenvalue weighted by atomic mass is 79.9. The summed E-state index contributed by atoms with van der Waals surface area (Å²) in [6.45, 7) is 2.16. The lowest BCUT2D eigenvalue weighted by Gasteiger charge is -2.26. The lowest BCUT2D eigenvalue weighted by atomic mass is 10.2. The molecule has 3 amide bonds. The fourth-order valence-corrected chi connectivity index (χ4v) is 2.29. The SMILES string of the molecule is O=C(CCC(=O)N1CCOCC1)NNC(=O)c1cc(Br)c[nH]1. The number of ether oxygens (including phenoxy) is 1. The minimum Gasteiger partial charge on any atom is -0.378 e. The van der Waals surface area contributed by atoms with E-state index in [0.717, 1.165) is 4.47 Å². The van der Waals surface area contributed by atoms with Crippen molar-refractivity contribution in [2.75, 3.05) is 26.3 Å². The fourth-order valence-electron chi connectivity index (χ4n) is 1.95. The third-order valence-electron chi connectivity index (χ3n) is 3.14. The van der Waals surface area contributed by atoms with Crippen LogP contribution in [0.25, 0.3) is 0 Å². The number of amides is 3. The van der Waals surface area contributed by atoms with Gasteiger partial charge in [0, 0.05) is 36.6 Å². The lowest BCUT2D eigenvalue weighted by Crippen LogP contribution is -2.43. The second-order valence-electron chi connectivity index (χ2n) is 4.73. The van der Waals surface area contributed by atoms with Crippen LogP contribution < -0.4 is 10.9 Å². The van der Waals surface area contributed by atoms with Crippen LogP contribution in [0.5, 0.6) is 0 Å². The molecule has 0 saturated carbocycles. The number of nitrogens with one attached hydrogen (secondary N) is 3. The van der Waals surface area contributed by atoms with Crippen molar-refractivity contribution in [3.8, 4) is 0 Å². The number of morpholine rings is 1. The molecular formula is C13H17BrN4O4. The number of nitrogens with zero attached hydrogens (tertiary/aromatic N) is 1.